The van der Waals surface area contributed by atoms with Gasteiger partial charge in [-0.3, -0.25) is 4.90 Å². The van der Waals surface area contributed by atoms with Crippen molar-refractivity contribution in [2.24, 2.45) is 0 Å². The van der Waals surface area contributed by atoms with Gasteiger partial charge in [-0.15, -0.1) is 0 Å². The van der Waals surface area contributed by atoms with Crippen LogP contribution in [0.4, 0.5) is 0 Å². The van der Waals surface area contributed by atoms with Crippen LogP contribution in [0.3, 0.4) is 0 Å². The van der Waals surface area contributed by atoms with Crippen LogP contribution in [0, 0.1) is 0 Å². The van der Waals surface area contributed by atoms with Crippen LogP contribution in [-0.4, -0.2) is 48.7 Å². The van der Waals surface area contributed by atoms with Gasteiger partial charge >= 0.3 is 0 Å². The van der Waals surface area contributed by atoms with Gasteiger partial charge in [0.25, 0.3) is 0 Å². The van der Waals surface area contributed by atoms with Crippen LogP contribution in [0.2, 0.25) is 0 Å². The molecule has 0 atom stereocenters. The van der Waals surface area contributed by atoms with Crippen LogP contribution >= 0.6 is 0 Å². The molecule has 0 amide bonds. The van der Waals surface area contributed by atoms with Gasteiger partial charge in [0.15, 0.2) is 0 Å². The van der Waals surface area contributed by atoms with Gasteiger partial charge in [0.05, 0.1) is 19.6 Å². The monoisotopic (exact) mass is 277 g/mol. The lowest BCUT2D eigenvalue weighted by Crippen LogP contribution is -2.68. The number of rotatable bonds is 1. The van der Waals surface area contributed by atoms with Gasteiger partial charge in [0, 0.05) is 30.8 Å². The summed E-state index contributed by atoms with van der Waals surface area (Å²) in [6.07, 6.45) is 0. The third-order valence-electron chi connectivity index (χ3n) is 5.93. The third-order valence-corrected chi connectivity index (χ3v) is 5.93. The fourth-order valence-electron chi connectivity index (χ4n) is 4.80. The van der Waals surface area contributed by atoms with Gasteiger partial charge < -0.3 is 4.48 Å². The summed E-state index contributed by atoms with van der Waals surface area (Å²) in [5, 5.41) is 0. The highest BCUT2D eigenvalue weighted by molar-refractivity contribution is 5.78. The topological polar surface area (TPSA) is 3.24 Å². The maximum atomic E-state index is 2.63. The SMILES string of the molecule is c1ccc2c(c1)-c1ccccc1C2[N+]12CCN(CC1)CC2. The molecule has 2 aromatic rings. The molecule has 6 rings (SSSR count). The summed E-state index contributed by atoms with van der Waals surface area (Å²) in [6, 6.07) is 18.7. The lowest BCUT2D eigenvalue weighted by molar-refractivity contribution is -0.963. The lowest BCUT2D eigenvalue weighted by Gasteiger charge is -2.54. The number of nitrogens with zero attached hydrogens (tertiary/aromatic N) is 2. The molecule has 4 aliphatic rings. The van der Waals surface area contributed by atoms with Gasteiger partial charge in [-0.05, 0) is 11.1 Å². The molecule has 0 aromatic heterocycles. The maximum absolute atomic E-state index is 2.63. The summed E-state index contributed by atoms with van der Waals surface area (Å²) in [4.78, 5) is 2.63. The third kappa shape index (κ3) is 1.55. The predicted molar refractivity (Wildman–Crippen MR) is 85.0 cm³/mol. The van der Waals surface area contributed by atoms with Crippen LogP contribution in [0.1, 0.15) is 17.2 Å². The Morgan fingerprint density at radius 1 is 0.714 bits per heavy atom. The fraction of sp³-hybridized carbons (Fsp3) is 0.368. The Labute approximate surface area is 126 Å². The van der Waals surface area contributed by atoms with E-state index in [1.165, 1.54) is 54.9 Å². The second-order valence-corrected chi connectivity index (χ2v) is 6.81. The highest BCUT2D eigenvalue weighted by atomic mass is 15.5. The zero-order valence-corrected chi connectivity index (χ0v) is 12.3. The van der Waals surface area contributed by atoms with Crippen molar-refractivity contribution < 1.29 is 4.48 Å². The molecule has 0 saturated carbocycles. The van der Waals surface area contributed by atoms with E-state index in [0.29, 0.717) is 6.04 Å². The average Bonchev–Trinajstić information content (AvgIpc) is 2.92. The van der Waals surface area contributed by atoms with Gasteiger partial charge in [-0.25, -0.2) is 0 Å². The number of hydrogen-bond donors (Lipinski definition) is 0. The summed E-state index contributed by atoms with van der Waals surface area (Å²) in [7, 11) is 0. The molecule has 2 heteroatoms. The van der Waals surface area contributed by atoms with E-state index in [4.69, 9.17) is 0 Å². The molecule has 1 aliphatic carbocycles. The Morgan fingerprint density at radius 3 is 1.71 bits per heavy atom. The first-order valence-electron chi connectivity index (χ1n) is 8.14. The standard InChI is InChI=1S/C19H21N2/c1-3-7-17-15(5-1)16-6-2-4-8-18(16)19(17)21-12-9-20(10-13-21)11-14-21/h1-8,19H,9-14H2/q+1. The largest absolute Gasteiger partial charge is 0.310 e. The zero-order valence-electron chi connectivity index (χ0n) is 12.3. The van der Waals surface area contributed by atoms with Crippen molar-refractivity contribution in [2.75, 3.05) is 39.3 Å². The zero-order chi connectivity index (χ0) is 13.9. The Bertz CT molecular complexity index is 639. The van der Waals surface area contributed by atoms with E-state index in [1.54, 1.807) is 11.1 Å². The van der Waals surface area contributed by atoms with E-state index >= 15 is 0 Å². The molecule has 0 unspecified atom stereocenters. The second kappa shape index (κ2) is 4.19. The summed E-state index contributed by atoms with van der Waals surface area (Å²) < 4.78 is 1.28. The van der Waals surface area contributed by atoms with Crippen molar-refractivity contribution >= 4 is 0 Å². The van der Waals surface area contributed by atoms with E-state index in [1.807, 2.05) is 0 Å². The smallest absolute Gasteiger partial charge is 0.142 e. The number of quaternary nitrogens is 1. The Hall–Kier alpha value is -1.64. The Kier molecular flexibility index (Phi) is 2.38. The molecule has 3 saturated heterocycles. The van der Waals surface area contributed by atoms with Crippen molar-refractivity contribution in [1.82, 2.24) is 4.90 Å². The number of fused-ring (bicyclic) bond motifs is 6. The molecule has 3 heterocycles. The first-order valence-corrected chi connectivity index (χ1v) is 8.14. The van der Waals surface area contributed by atoms with Crippen molar-refractivity contribution in [3.8, 4) is 11.1 Å². The number of hydrogen-bond acceptors (Lipinski definition) is 1. The van der Waals surface area contributed by atoms with Crippen molar-refractivity contribution in [3.63, 3.8) is 0 Å². The van der Waals surface area contributed by atoms with E-state index < -0.39 is 0 Å². The van der Waals surface area contributed by atoms with Crippen molar-refractivity contribution in [1.29, 1.82) is 0 Å². The minimum absolute atomic E-state index is 0.569. The van der Waals surface area contributed by atoms with Gasteiger partial charge in [0.1, 0.15) is 6.04 Å². The molecular formula is C19H21N2+. The molecule has 106 valence electrons. The highest BCUT2D eigenvalue weighted by Crippen LogP contribution is 2.50. The summed E-state index contributed by atoms with van der Waals surface area (Å²) in [5.41, 5.74) is 6.07. The number of piperazine rings is 3. The van der Waals surface area contributed by atoms with E-state index in [9.17, 15) is 0 Å². The summed E-state index contributed by atoms with van der Waals surface area (Å²) >= 11 is 0. The molecule has 2 bridgehead atoms. The fourth-order valence-corrected chi connectivity index (χ4v) is 4.80. The van der Waals surface area contributed by atoms with E-state index in [-0.39, 0.29) is 0 Å². The van der Waals surface area contributed by atoms with Crippen LogP contribution in [0.25, 0.3) is 11.1 Å². The summed E-state index contributed by atoms with van der Waals surface area (Å²) in [6.45, 7) is 7.77. The van der Waals surface area contributed by atoms with Gasteiger partial charge in [0.2, 0.25) is 0 Å². The maximum Gasteiger partial charge on any atom is 0.142 e. The Balaban J connectivity index is 1.73. The molecule has 2 nitrogen and oxygen atoms in total. The lowest BCUT2D eigenvalue weighted by atomic mass is 9.96. The quantitative estimate of drug-likeness (QED) is 0.725. The number of benzene rings is 2. The average molecular weight is 277 g/mol. The molecule has 0 N–H and O–H groups in total. The first kappa shape index (κ1) is 12.0. The molecule has 2 aromatic carbocycles. The van der Waals surface area contributed by atoms with Crippen molar-refractivity contribution in [3.05, 3.63) is 59.7 Å². The molecule has 3 fully saturated rings. The predicted octanol–water partition coefficient (Wildman–Crippen LogP) is 2.90. The molecule has 0 radical (unpaired) electrons. The van der Waals surface area contributed by atoms with Crippen molar-refractivity contribution in [2.45, 2.75) is 6.04 Å². The minimum Gasteiger partial charge on any atom is -0.310 e. The minimum atomic E-state index is 0.569. The molecule has 0 spiro atoms. The first-order chi connectivity index (χ1) is 10.4. The molecule has 3 aliphatic heterocycles. The van der Waals surface area contributed by atoms with E-state index in [2.05, 4.69) is 53.4 Å². The molecular weight excluding hydrogens is 256 g/mol. The molecule has 21 heavy (non-hydrogen) atoms. The normalized spacial score (nSPS) is 30.2. The van der Waals surface area contributed by atoms with Crippen LogP contribution in [-0.2, 0) is 0 Å². The van der Waals surface area contributed by atoms with Crippen LogP contribution in [0.5, 0.6) is 0 Å². The second-order valence-electron chi connectivity index (χ2n) is 6.81. The van der Waals surface area contributed by atoms with Crippen LogP contribution in [0.15, 0.2) is 48.5 Å². The van der Waals surface area contributed by atoms with Gasteiger partial charge in [-0.2, -0.15) is 0 Å². The van der Waals surface area contributed by atoms with Crippen LogP contribution < -0.4 is 0 Å². The Morgan fingerprint density at radius 2 is 1.19 bits per heavy atom. The van der Waals surface area contributed by atoms with Gasteiger partial charge in [-0.1, -0.05) is 48.5 Å². The summed E-state index contributed by atoms with van der Waals surface area (Å²) in [5.74, 6) is 0. The highest BCUT2D eigenvalue weighted by Gasteiger charge is 2.48. The van der Waals surface area contributed by atoms with E-state index in [0.717, 1.165) is 0 Å².